The summed E-state index contributed by atoms with van der Waals surface area (Å²) in [5.41, 5.74) is -0.145. The van der Waals surface area contributed by atoms with Crippen molar-refractivity contribution in [2.45, 2.75) is 45.4 Å². The first-order valence-corrected chi connectivity index (χ1v) is 7.18. The van der Waals surface area contributed by atoms with Gasteiger partial charge in [-0.05, 0) is 45.2 Å². The first kappa shape index (κ1) is 14.0. The summed E-state index contributed by atoms with van der Waals surface area (Å²) in [5, 5.41) is 9.56. The van der Waals surface area contributed by atoms with Gasteiger partial charge in [-0.1, -0.05) is 0 Å². The van der Waals surface area contributed by atoms with E-state index in [9.17, 15) is 14.7 Å². The van der Waals surface area contributed by atoms with E-state index in [2.05, 4.69) is 0 Å². The highest BCUT2D eigenvalue weighted by molar-refractivity contribution is 5.69. The van der Waals surface area contributed by atoms with Gasteiger partial charge in [0.1, 0.15) is 5.60 Å². The first-order valence-electron chi connectivity index (χ1n) is 7.18. The summed E-state index contributed by atoms with van der Waals surface area (Å²) in [6.45, 7) is 6.64. The molecule has 1 N–H and O–H groups in total. The van der Waals surface area contributed by atoms with Crippen LogP contribution in [0.15, 0.2) is 16.9 Å². The fourth-order valence-corrected chi connectivity index (χ4v) is 3.18. The van der Waals surface area contributed by atoms with Gasteiger partial charge < -0.3 is 14.4 Å². The van der Waals surface area contributed by atoms with E-state index in [-0.39, 0.29) is 29.4 Å². The van der Waals surface area contributed by atoms with Crippen LogP contribution in [0, 0.1) is 5.92 Å². The zero-order valence-corrected chi connectivity index (χ0v) is 12.5. The van der Waals surface area contributed by atoms with Crippen LogP contribution in [0.3, 0.4) is 0 Å². The number of carbonyl (C=O) groups excluding carboxylic acids is 1. The van der Waals surface area contributed by atoms with Crippen molar-refractivity contribution in [2.75, 3.05) is 6.54 Å². The topological polar surface area (TPSA) is 71.8 Å². The van der Waals surface area contributed by atoms with Crippen LogP contribution >= 0.6 is 0 Å². The third-order valence-electron chi connectivity index (χ3n) is 3.99. The molecule has 2 aliphatic heterocycles. The predicted molar refractivity (Wildman–Crippen MR) is 76.2 cm³/mol. The molecule has 1 saturated heterocycles. The van der Waals surface area contributed by atoms with Crippen LogP contribution < -0.4 is 5.56 Å². The highest BCUT2D eigenvalue weighted by atomic mass is 16.6. The second kappa shape index (κ2) is 4.51. The van der Waals surface area contributed by atoms with Crippen LogP contribution in [0.25, 0.3) is 0 Å². The molecule has 0 spiro atoms. The molecule has 1 aromatic rings. The van der Waals surface area contributed by atoms with Gasteiger partial charge in [0.25, 0.3) is 5.56 Å². The minimum atomic E-state index is -0.539. The van der Waals surface area contributed by atoms with Crippen molar-refractivity contribution in [3.8, 4) is 5.75 Å². The van der Waals surface area contributed by atoms with Gasteiger partial charge in [0.2, 0.25) is 0 Å². The second-order valence-electron chi connectivity index (χ2n) is 6.81. The number of ether oxygens (including phenoxy) is 1. The molecular weight excluding hydrogens is 272 g/mol. The number of hydrogen-bond donors (Lipinski definition) is 1. The lowest BCUT2D eigenvalue weighted by molar-refractivity contribution is 0.0220. The molecule has 3 rings (SSSR count). The number of likely N-dealkylation sites (tertiary alicyclic amines) is 1. The van der Waals surface area contributed by atoms with Crippen molar-refractivity contribution >= 4 is 6.09 Å². The third kappa shape index (κ3) is 2.39. The van der Waals surface area contributed by atoms with E-state index in [4.69, 9.17) is 4.74 Å². The minimum absolute atomic E-state index is 0.146. The fourth-order valence-electron chi connectivity index (χ4n) is 3.18. The van der Waals surface area contributed by atoms with E-state index in [0.29, 0.717) is 13.1 Å². The summed E-state index contributed by atoms with van der Waals surface area (Å²) in [4.78, 5) is 26.0. The van der Waals surface area contributed by atoms with Crippen LogP contribution in [0.1, 0.15) is 38.9 Å². The van der Waals surface area contributed by atoms with Gasteiger partial charge in [-0.3, -0.25) is 9.69 Å². The van der Waals surface area contributed by atoms with E-state index in [1.807, 2.05) is 20.8 Å². The summed E-state index contributed by atoms with van der Waals surface area (Å²) in [6.07, 6.45) is 0.493. The van der Waals surface area contributed by atoms with Crippen molar-refractivity contribution in [1.29, 1.82) is 0 Å². The number of hydrogen-bond acceptors (Lipinski definition) is 4. The maximum Gasteiger partial charge on any atom is 0.410 e. The molecule has 0 radical (unpaired) electrons. The molecule has 3 heterocycles. The summed E-state index contributed by atoms with van der Waals surface area (Å²) in [5.74, 6) is -0.0154. The molecule has 2 aliphatic rings. The lowest BCUT2D eigenvalue weighted by Gasteiger charge is -2.29. The van der Waals surface area contributed by atoms with Gasteiger partial charge in [-0.2, -0.15) is 0 Å². The van der Waals surface area contributed by atoms with Crippen molar-refractivity contribution in [1.82, 2.24) is 9.47 Å². The Hall–Kier alpha value is -1.98. The highest BCUT2D eigenvalue weighted by Gasteiger charge is 2.43. The molecule has 6 heteroatoms. The Labute approximate surface area is 122 Å². The number of fused-ring (bicyclic) bond motifs is 4. The number of aromatic nitrogens is 1. The Morgan fingerprint density at radius 2 is 2.05 bits per heavy atom. The molecule has 114 valence electrons. The van der Waals surface area contributed by atoms with Gasteiger partial charge in [0.05, 0.1) is 6.04 Å². The molecule has 0 aliphatic carbocycles. The molecule has 2 atom stereocenters. The summed E-state index contributed by atoms with van der Waals surface area (Å²) >= 11 is 0. The van der Waals surface area contributed by atoms with Crippen LogP contribution in [-0.4, -0.2) is 32.8 Å². The molecule has 0 aromatic carbocycles. The van der Waals surface area contributed by atoms with Crippen molar-refractivity contribution < 1.29 is 14.6 Å². The van der Waals surface area contributed by atoms with Gasteiger partial charge >= 0.3 is 6.09 Å². The number of aromatic hydroxyl groups is 1. The molecule has 2 bridgehead atoms. The van der Waals surface area contributed by atoms with Gasteiger partial charge in [-0.25, -0.2) is 4.79 Å². The molecule has 1 fully saturated rings. The Bertz CT molecular complexity index is 644. The van der Waals surface area contributed by atoms with Crippen molar-refractivity contribution in [3.05, 3.63) is 28.2 Å². The Morgan fingerprint density at radius 3 is 2.71 bits per heavy atom. The average Bonchev–Trinajstić information content (AvgIpc) is 2.71. The first-order chi connectivity index (χ1) is 9.76. The van der Waals surface area contributed by atoms with Crippen molar-refractivity contribution in [3.63, 3.8) is 0 Å². The van der Waals surface area contributed by atoms with Crippen LogP contribution in [0.5, 0.6) is 5.75 Å². The summed E-state index contributed by atoms with van der Waals surface area (Å²) in [6, 6.07) is 2.98. The molecular formula is C15H20N2O4. The largest absolute Gasteiger partial charge is 0.503 e. The smallest absolute Gasteiger partial charge is 0.410 e. The Morgan fingerprint density at radius 1 is 1.33 bits per heavy atom. The molecule has 1 aromatic heterocycles. The lowest BCUT2D eigenvalue weighted by Crippen LogP contribution is -2.37. The SMILES string of the molecule is CC(C)(C)OC(=O)N1C[C@@H]2C[C@H]1c1ccc(O)c(=O)n1C2. The lowest BCUT2D eigenvalue weighted by atomic mass is 9.98. The van der Waals surface area contributed by atoms with E-state index >= 15 is 0 Å². The average molecular weight is 292 g/mol. The quantitative estimate of drug-likeness (QED) is 0.792. The van der Waals surface area contributed by atoms with E-state index < -0.39 is 5.60 Å². The number of rotatable bonds is 0. The predicted octanol–water partition coefficient (Wildman–Crippen LogP) is 1.87. The maximum absolute atomic E-state index is 12.3. The molecule has 1 amide bonds. The third-order valence-corrected chi connectivity index (χ3v) is 3.99. The summed E-state index contributed by atoms with van der Waals surface area (Å²) < 4.78 is 7.03. The maximum atomic E-state index is 12.3. The normalized spacial score (nSPS) is 23.9. The van der Waals surface area contributed by atoms with E-state index in [1.54, 1.807) is 15.5 Å². The van der Waals surface area contributed by atoms with Crippen LogP contribution in [0.4, 0.5) is 4.79 Å². The molecule has 6 nitrogen and oxygen atoms in total. The number of nitrogens with zero attached hydrogens (tertiary/aromatic N) is 2. The molecule has 0 saturated carbocycles. The highest BCUT2D eigenvalue weighted by Crippen LogP contribution is 2.40. The number of amides is 1. The molecule has 21 heavy (non-hydrogen) atoms. The zero-order chi connectivity index (χ0) is 15.4. The Balaban J connectivity index is 1.94. The fraction of sp³-hybridized carbons (Fsp3) is 0.600. The standard InChI is InChI=1S/C15H20N2O4/c1-15(2,3)21-14(20)17-8-9-6-11(17)10-4-5-12(18)13(19)16(10)7-9/h4-5,9,11,18H,6-8H2,1-3H3/t9-,11+/m1/s1. The van der Waals surface area contributed by atoms with Gasteiger partial charge in [-0.15, -0.1) is 0 Å². The number of carbonyl (C=O) groups is 1. The molecule has 0 unspecified atom stereocenters. The van der Waals surface area contributed by atoms with Crippen molar-refractivity contribution in [2.24, 2.45) is 5.92 Å². The van der Waals surface area contributed by atoms with Crippen LogP contribution in [0.2, 0.25) is 0 Å². The zero-order valence-electron chi connectivity index (χ0n) is 12.5. The Kier molecular flexibility index (Phi) is 3.00. The van der Waals surface area contributed by atoms with E-state index in [0.717, 1.165) is 12.1 Å². The minimum Gasteiger partial charge on any atom is -0.503 e. The second-order valence-corrected chi connectivity index (χ2v) is 6.81. The van der Waals surface area contributed by atoms with Gasteiger partial charge in [0, 0.05) is 18.8 Å². The number of pyridine rings is 1. The van der Waals surface area contributed by atoms with Gasteiger partial charge in [0.15, 0.2) is 5.75 Å². The monoisotopic (exact) mass is 292 g/mol. The summed E-state index contributed by atoms with van der Waals surface area (Å²) in [7, 11) is 0. The van der Waals surface area contributed by atoms with E-state index in [1.165, 1.54) is 6.07 Å². The van der Waals surface area contributed by atoms with Crippen LogP contribution in [-0.2, 0) is 11.3 Å².